The van der Waals surface area contributed by atoms with E-state index < -0.39 is 5.63 Å². The predicted molar refractivity (Wildman–Crippen MR) is 45.1 cm³/mol. The van der Waals surface area contributed by atoms with E-state index in [1.807, 2.05) is 0 Å². The molecule has 12 heavy (non-hydrogen) atoms. The first kappa shape index (κ1) is 8.37. The third kappa shape index (κ3) is 1.87. The maximum absolute atomic E-state index is 10.8. The Labute approximate surface area is 69.6 Å². The van der Waals surface area contributed by atoms with Gasteiger partial charge in [0, 0.05) is 12.1 Å². The molecule has 0 aliphatic heterocycles. The normalized spacial score (nSPS) is 8.75. The van der Waals surface area contributed by atoms with E-state index in [2.05, 4.69) is 12.3 Å². The molecule has 62 valence electrons. The zero-order chi connectivity index (χ0) is 8.97. The van der Waals surface area contributed by atoms with Crippen LogP contribution in [0.1, 0.15) is 5.76 Å². The summed E-state index contributed by atoms with van der Waals surface area (Å²) in [6.45, 7) is 3.36. The molecule has 0 saturated heterocycles. The average molecular weight is 164 g/mol. The van der Waals surface area contributed by atoms with Gasteiger partial charge < -0.3 is 9.15 Å². The molecule has 1 aromatic rings. The highest BCUT2D eigenvalue weighted by molar-refractivity contribution is 5.43. The second kappa shape index (κ2) is 3.60. The maximum Gasteiger partial charge on any atom is 0.339 e. The van der Waals surface area contributed by atoms with Crippen molar-refractivity contribution in [2.45, 2.75) is 0 Å². The summed E-state index contributed by atoms with van der Waals surface area (Å²) < 4.78 is 9.62. The molecule has 0 spiro atoms. The van der Waals surface area contributed by atoms with Crippen molar-refractivity contribution >= 4 is 6.08 Å². The van der Waals surface area contributed by atoms with Crippen LogP contribution in [-0.2, 0) is 0 Å². The van der Waals surface area contributed by atoms with Gasteiger partial charge in [-0.3, -0.25) is 0 Å². The Morgan fingerprint density at radius 1 is 1.67 bits per heavy atom. The maximum atomic E-state index is 10.8. The molecule has 1 rings (SSSR count). The van der Waals surface area contributed by atoms with Gasteiger partial charge in [0.05, 0.1) is 13.2 Å². The van der Waals surface area contributed by atoms with Gasteiger partial charge in [-0.15, -0.1) is 5.73 Å². The second-order valence-corrected chi connectivity index (χ2v) is 2.07. The summed E-state index contributed by atoms with van der Waals surface area (Å²) in [5.74, 6) is 0.849. The topological polar surface area (TPSA) is 39.4 Å². The summed E-state index contributed by atoms with van der Waals surface area (Å²) in [6.07, 6.45) is 1.46. The minimum Gasteiger partial charge on any atom is -0.496 e. The van der Waals surface area contributed by atoms with Crippen molar-refractivity contribution < 1.29 is 9.15 Å². The number of methoxy groups -OCH3 is 1. The van der Waals surface area contributed by atoms with Crippen LogP contribution < -0.4 is 10.4 Å². The largest absolute Gasteiger partial charge is 0.496 e. The van der Waals surface area contributed by atoms with Gasteiger partial charge in [0.2, 0.25) is 0 Å². The smallest absolute Gasteiger partial charge is 0.339 e. The molecule has 0 N–H and O–H groups in total. The van der Waals surface area contributed by atoms with E-state index in [1.165, 1.54) is 19.3 Å². The molecule has 0 saturated carbocycles. The monoisotopic (exact) mass is 164 g/mol. The van der Waals surface area contributed by atoms with Crippen molar-refractivity contribution in [1.29, 1.82) is 0 Å². The fraction of sp³-hybridized carbons (Fsp3) is 0.111. The molecule has 0 aliphatic rings. The molecule has 3 nitrogen and oxygen atoms in total. The van der Waals surface area contributed by atoms with Gasteiger partial charge in [-0.1, -0.05) is 6.58 Å². The number of hydrogen-bond acceptors (Lipinski definition) is 3. The first-order chi connectivity index (χ1) is 5.76. The lowest BCUT2D eigenvalue weighted by Gasteiger charge is -1.97. The first-order valence-corrected chi connectivity index (χ1v) is 3.31. The molecular weight excluding hydrogens is 156 g/mol. The van der Waals surface area contributed by atoms with E-state index in [0.717, 1.165) is 0 Å². The van der Waals surface area contributed by atoms with Gasteiger partial charge in [0.1, 0.15) is 11.5 Å². The van der Waals surface area contributed by atoms with E-state index in [-0.39, 0.29) is 0 Å². The Morgan fingerprint density at radius 2 is 2.42 bits per heavy atom. The number of hydrogen-bond donors (Lipinski definition) is 0. The fourth-order valence-corrected chi connectivity index (χ4v) is 0.763. The van der Waals surface area contributed by atoms with Crippen molar-refractivity contribution in [1.82, 2.24) is 0 Å². The minimum atomic E-state index is -0.448. The summed E-state index contributed by atoms with van der Waals surface area (Å²) in [5.41, 5.74) is 2.05. The Balaban J connectivity index is 3.23. The average Bonchev–Trinajstić information content (AvgIpc) is 2.04. The number of ether oxygens (including phenoxy) is 1. The van der Waals surface area contributed by atoms with Crippen molar-refractivity contribution in [2.75, 3.05) is 7.11 Å². The van der Waals surface area contributed by atoms with Gasteiger partial charge in [0.15, 0.2) is 0 Å². The van der Waals surface area contributed by atoms with Gasteiger partial charge in [0.25, 0.3) is 0 Å². The molecule has 3 heteroatoms. The van der Waals surface area contributed by atoms with E-state index in [9.17, 15) is 4.79 Å². The van der Waals surface area contributed by atoms with Crippen LogP contribution in [0.5, 0.6) is 5.75 Å². The summed E-state index contributed by atoms with van der Waals surface area (Å²) in [7, 11) is 1.48. The molecule has 0 amide bonds. The molecule has 0 radical (unpaired) electrons. The van der Waals surface area contributed by atoms with Gasteiger partial charge >= 0.3 is 5.63 Å². The van der Waals surface area contributed by atoms with Crippen LogP contribution in [0.15, 0.2) is 33.7 Å². The highest BCUT2D eigenvalue weighted by Crippen LogP contribution is 2.09. The van der Waals surface area contributed by atoms with Gasteiger partial charge in [-0.05, 0) is 0 Å². The summed E-state index contributed by atoms with van der Waals surface area (Å²) >= 11 is 0. The molecule has 1 heterocycles. The third-order valence-electron chi connectivity index (χ3n) is 1.24. The van der Waals surface area contributed by atoms with Gasteiger partial charge in [-0.2, -0.15) is 0 Å². The zero-order valence-electron chi connectivity index (χ0n) is 6.66. The van der Waals surface area contributed by atoms with E-state index >= 15 is 0 Å². The highest BCUT2D eigenvalue weighted by atomic mass is 16.5. The molecular formula is C9H8O3. The minimum absolute atomic E-state index is 0.384. The van der Waals surface area contributed by atoms with Crippen LogP contribution >= 0.6 is 0 Å². The molecule has 0 aliphatic carbocycles. The standard InChI is InChI=1S/C9H8O3/c1-3-4-7-5-8(11-2)6-9(10)12-7/h4-6H,1H2,2H3. The van der Waals surface area contributed by atoms with Crippen molar-refractivity contribution in [3.8, 4) is 5.75 Å². The number of rotatable bonds is 2. The lowest BCUT2D eigenvalue weighted by atomic mass is 10.3. The fourth-order valence-electron chi connectivity index (χ4n) is 0.763. The molecule has 0 fully saturated rings. The quantitative estimate of drug-likeness (QED) is 0.621. The summed E-state index contributed by atoms with van der Waals surface area (Å²) in [5, 5.41) is 0. The summed E-state index contributed by atoms with van der Waals surface area (Å²) in [4.78, 5) is 10.8. The first-order valence-electron chi connectivity index (χ1n) is 3.31. The Hall–Kier alpha value is -1.73. The Kier molecular flexibility index (Phi) is 2.51. The van der Waals surface area contributed by atoms with Crippen molar-refractivity contribution in [2.24, 2.45) is 0 Å². The third-order valence-corrected chi connectivity index (χ3v) is 1.24. The molecule has 0 aromatic carbocycles. The molecule has 1 aromatic heterocycles. The Morgan fingerprint density at radius 3 is 3.00 bits per heavy atom. The molecule has 0 atom stereocenters. The summed E-state index contributed by atoms with van der Waals surface area (Å²) in [6, 6.07) is 2.85. The molecule has 0 unspecified atom stereocenters. The lowest BCUT2D eigenvalue weighted by molar-refractivity contribution is 0.400. The van der Waals surface area contributed by atoms with Crippen LogP contribution in [0.3, 0.4) is 0 Å². The van der Waals surface area contributed by atoms with Crippen LogP contribution in [0.2, 0.25) is 0 Å². The highest BCUT2D eigenvalue weighted by Gasteiger charge is 1.97. The van der Waals surface area contributed by atoms with Crippen LogP contribution in [0.4, 0.5) is 0 Å². The van der Waals surface area contributed by atoms with Crippen molar-refractivity contribution in [3.05, 3.63) is 40.6 Å². The SMILES string of the molecule is C=C=Cc1cc(OC)cc(=O)o1. The second-order valence-electron chi connectivity index (χ2n) is 2.07. The van der Waals surface area contributed by atoms with Crippen LogP contribution in [0.25, 0.3) is 6.08 Å². The van der Waals surface area contributed by atoms with E-state index in [1.54, 1.807) is 6.07 Å². The Bertz CT molecular complexity index is 370. The van der Waals surface area contributed by atoms with Gasteiger partial charge in [-0.25, -0.2) is 4.79 Å². The molecule has 0 bridgehead atoms. The predicted octanol–water partition coefficient (Wildman–Crippen LogP) is 1.45. The van der Waals surface area contributed by atoms with E-state index in [0.29, 0.717) is 11.5 Å². The zero-order valence-corrected chi connectivity index (χ0v) is 6.66. The van der Waals surface area contributed by atoms with E-state index in [4.69, 9.17) is 9.15 Å². The van der Waals surface area contributed by atoms with Crippen LogP contribution in [-0.4, -0.2) is 7.11 Å². The lowest BCUT2D eigenvalue weighted by Crippen LogP contribution is -1.98. The van der Waals surface area contributed by atoms with Crippen LogP contribution in [0, 0.1) is 0 Å². The van der Waals surface area contributed by atoms with Crippen molar-refractivity contribution in [3.63, 3.8) is 0 Å².